The van der Waals surface area contributed by atoms with Gasteiger partial charge in [0.1, 0.15) is 5.69 Å². The lowest BCUT2D eigenvalue weighted by Crippen LogP contribution is -2.63. The van der Waals surface area contributed by atoms with Gasteiger partial charge in [0.05, 0.1) is 4.92 Å². The number of rotatable bonds is 4. The van der Waals surface area contributed by atoms with Crippen molar-refractivity contribution in [1.82, 2.24) is 0 Å². The van der Waals surface area contributed by atoms with E-state index in [4.69, 9.17) is 11.6 Å². The lowest BCUT2D eigenvalue weighted by molar-refractivity contribution is -0.384. The molecule has 0 aromatic heterocycles. The maximum atomic E-state index is 14.0. The van der Waals surface area contributed by atoms with Gasteiger partial charge in [-0.05, 0) is 12.1 Å². The van der Waals surface area contributed by atoms with Crippen LogP contribution in [0.25, 0.3) is 0 Å². The largest absolute Gasteiger partial charge is 0.428 e. The van der Waals surface area contributed by atoms with Crippen LogP contribution < -0.4 is 5.32 Å². The number of ether oxygens (including phenoxy) is 1. The maximum absolute atomic E-state index is 14.0. The molecular formula is C12H4ClF9N2O4. The molecule has 1 atom stereocenters. The summed E-state index contributed by atoms with van der Waals surface area (Å²) in [5, 5.41) is 11.4. The molecule has 2 rings (SSSR count). The number of alkyl halides is 9. The highest BCUT2D eigenvalue weighted by Gasteiger charge is 2.96. The molecule has 0 saturated carbocycles. The highest BCUT2D eigenvalue weighted by atomic mass is 35.5. The lowest BCUT2D eigenvalue weighted by atomic mass is 9.99. The zero-order valence-electron chi connectivity index (χ0n) is 12.6. The zero-order valence-corrected chi connectivity index (χ0v) is 13.3. The molecule has 1 saturated heterocycles. The molecule has 1 aliphatic rings. The molecule has 1 aliphatic heterocycles. The highest BCUT2D eigenvalue weighted by Crippen LogP contribution is 2.64. The standard InChI is InChI=1S/C12H4ClF9N2O4/c13-4-1-2-5(6(3-4)24(26)27)23-7(25)8(14,15)11(20)9(16,17)10(18,19)12(21,22)28-11/h1-3H,(H,23,25). The molecule has 0 aliphatic carbocycles. The lowest BCUT2D eigenvalue weighted by Gasteiger charge is -2.31. The topological polar surface area (TPSA) is 81.5 Å². The minimum Gasteiger partial charge on any atom is -0.315 e. The van der Waals surface area contributed by atoms with Gasteiger partial charge >= 0.3 is 35.6 Å². The van der Waals surface area contributed by atoms with E-state index in [2.05, 4.69) is 4.74 Å². The van der Waals surface area contributed by atoms with Crippen LogP contribution in [0.5, 0.6) is 0 Å². The van der Waals surface area contributed by atoms with Crippen LogP contribution in [0.4, 0.5) is 50.9 Å². The van der Waals surface area contributed by atoms with Gasteiger partial charge in [-0.1, -0.05) is 11.6 Å². The Hall–Kier alpha value is -2.29. The fraction of sp³-hybridized carbons (Fsp3) is 0.417. The Balaban J connectivity index is 2.48. The van der Waals surface area contributed by atoms with Crippen LogP contribution in [0, 0.1) is 10.1 Å². The molecule has 1 fully saturated rings. The third kappa shape index (κ3) is 2.75. The molecular weight excluding hydrogens is 443 g/mol. The van der Waals surface area contributed by atoms with Crippen molar-refractivity contribution in [2.45, 2.75) is 29.7 Å². The molecule has 6 nitrogen and oxygen atoms in total. The van der Waals surface area contributed by atoms with E-state index in [1.165, 1.54) is 0 Å². The van der Waals surface area contributed by atoms with E-state index in [1.807, 2.05) is 0 Å². The number of amides is 1. The van der Waals surface area contributed by atoms with Crippen LogP contribution in [-0.4, -0.2) is 40.6 Å². The van der Waals surface area contributed by atoms with Crippen molar-refractivity contribution < 1.29 is 54.0 Å². The summed E-state index contributed by atoms with van der Waals surface area (Å²) in [5.74, 6) is -29.7. The van der Waals surface area contributed by atoms with Crippen molar-refractivity contribution in [3.05, 3.63) is 33.3 Å². The molecule has 0 bridgehead atoms. The van der Waals surface area contributed by atoms with Crippen molar-refractivity contribution in [2.24, 2.45) is 0 Å². The number of hydrogen-bond donors (Lipinski definition) is 1. The second kappa shape index (κ2) is 6.10. The van der Waals surface area contributed by atoms with Crippen LogP contribution in [0.2, 0.25) is 5.02 Å². The molecule has 1 amide bonds. The van der Waals surface area contributed by atoms with Gasteiger partial charge in [-0.15, -0.1) is 0 Å². The zero-order chi connectivity index (χ0) is 21.9. The fourth-order valence-corrected chi connectivity index (χ4v) is 2.23. The maximum Gasteiger partial charge on any atom is 0.428 e. The van der Waals surface area contributed by atoms with Crippen LogP contribution in [-0.2, 0) is 9.53 Å². The van der Waals surface area contributed by atoms with Crippen molar-refractivity contribution in [2.75, 3.05) is 5.32 Å². The number of nitrogens with one attached hydrogen (secondary N) is 1. The van der Waals surface area contributed by atoms with Gasteiger partial charge in [-0.25, -0.2) is 0 Å². The second-order valence-corrected chi connectivity index (χ2v) is 5.75. The monoisotopic (exact) mass is 446 g/mol. The van der Waals surface area contributed by atoms with Gasteiger partial charge in [0.25, 0.3) is 5.69 Å². The van der Waals surface area contributed by atoms with E-state index in [9.17, 15) is 54.4 Å². The van der Waals surface area contributed by atoms with Gasteiger partial charge in [0.2, 0.25) is 0 Å². The summed E-state index contributed by atoms with van der Waals surface area (Å²) >= 11 is 5.40. The third-order valence-electron chi connectivity index (χ3n) is 3.53. The van der Waals surface area contributed by atoms with Crippen molar-refractivity contribution in [3.63, 3.8) is 0 Å². The van der Waals surface area contributed by atoms with Crippen molar-refractivity contribution in [1.29, 1.82) is 0 Å². The first-order chi connectivity index (χ1) is 12.4. The molecule has 1 aromatic rings. The van der Waals surface area contributed by atoms with E-state index in [0.29, 0.717) is 12.1 Å². The van der Waals surface area contributed by atoms with Gasteiger partial charge in [-0.2, -0.15) is 39.5 Å². The average Bonchev–Trinajstić information content (AvgIpc) is 2.64. The Kier molecular flexibility index (Phi) is 4.80. The van der Waals surface area contributed by atoms with E-state index in [0.717, 1.165) is 11.4 Å². The molecule has 1 unspecified atom stereocenters. The number of benzene rings is 1. The summed E-state index contributed by atoms with van der Waals surface area (Å²) in [6.07, 6.45) is -6.40. The molecule has 28 heavy (non-hydrogen) atoms. The summed E-state index contributed by atoms with van der Waals surface area (Å²) in [6.45, 7) is 0. The first kappa shape index (κ1) is 22.0. The SMILES string of the molecule is O=C(Nc1ccc(Cl)cc1[N+](=O)[O-])C(F)(F)C1(F)OC(F)(F)C(F)(F)C1(F)F. The summed E-state index contributed by atoms with van der Waals surface area (Å²) < 4.78 is 123. The normalized spacial score (nSPS) is 25.4. The number of hydrogen-bond acceptors (Lipinski definition) is 4. The van der Waals surface area contributed by atoms with E-state index in [1.54, 1.807) is 0 Å². The van der Waals surface area contributed by atoms with E-state index in [-0.39, 0.29) is 5.02 Å². The number of halogens is 10. The molecule has 1 heterocycles. The molecule has 0 radical (unpaired) electrons. The highest BCUT2D eigenvalue weighted by molar-refractivity contribution is 6.31. The Morgan fingerprint density at radius 2 is 1.64 bits per heavy atom. The third-order valence-corrected chi connectivity index (χ3v) is 3.76. The summed E-state index contributed by atoms with van der Waals surface area (Å²) in [5.41, 5.74) is -2.33. The Labute approximate surface area is 152 Å². The van der Waals surface area contributed by atoms with Crippen molar-refractivity contribution >= 4 is 28.9 Å². The quantitative estimate of drug-likeness (QED) is 0.423. The van der Waals surface area contributed by atoms with Gasteiger partial charge in [0.15, 0.2) is 0 Å². The summed E-state index contributed by atoms with van der Waals surface area (Å²) in [4.78, 5) is 21.0. The van der Waals surface area contributed by atoms with Crippen LogP contribution >= 0.6 is 11.6 Å². The predicted molar refractivity (Wildman–Crippen MR) is 71.4 cm³/mol. The fourth-order valence-electron chi connectivity index (χ4n) is 2.06. The molecule has 16 heteroatoms. The minimum atomic E-state index is -6.86. The van der Waals surface area contributed by atoms with Gasteiger partial charge in [-0.3, -0.25) is 19.6 Å². The molecule has 1 aromatic carbocycles. The van der Waals surface area contributed by atoms with Crippen LogP contribution in [0.1, 0.15) is 0 Å². The summed E-state index contributed by atoms with van der Waals surface area (Å²) in [6, 6.07) is 1.80. The van der Waals surface area contributed by atoms with Crippen LogP contribution in [0.15, 0.2) is 18.2 Å². The number of nitro benzene ring substituents is 1. The molecule has 0 spiro atoms. The molecule has 156 valence electrons. The number of anilines is 1. The Bertz CT molecular complexity index is 850. The minimum absolute atomic E-state index is 0.344. The second-order valence-electron chi connectivity index (χ2n) is 5.31. The number of nitrogens with zero attached hydrogens (tertiary/aromatic N) is 1. The Morgan fingerprint density at radius 1 is 1.11 bits per heavy atom. The van der Waals surface area contributed by atoms with Gasteiger partial charge in [0, 0.05) is 11.1 Å². The first-order valence-corrected chi connectivity index (χ1v) is 6.96. The van der Waals surface area contributed by atoms with Crippen molar-refractivity contribution in [3.8, 4) is 0 Å². The summed E-state index contributed by atoms with van der Waals surface area (Å²) in [7, 11) is 0. The predicted octanol–water partition coefficient (Wildman–Crippen LogP) is 4.38. The van der Waals surface area contributed by atoms with Crippen LogP contribution in [0.3, 0.4) is 0 Å². The van der Waals surface area contributed by atoms with Gasteiger partial charge < -0.3 is 5.32 Å². The first-order valence-electron chi connectivity index (χ1n) is 6.58. The Morgan fingerprint density at radius 3 is 2.07 bits per heavy atom. The van der Waals surface area contributed by atoms with E-state index >= 15 is 0 Å². The average molecular weight is 447 g/mol. The van der Waals surface area contributed by atoms with E-state index < -0.39 is 51.9 Å². The smallest absolute Gasteiger partial charge is 0.315 e. The molecule has 1 N–H and O–H groups in total. The number of carbonyl (C=O) groups excluding carboxylic acids is 1. The number of nitro groups is 1. The number of carbonyl (C=O) groups is 1.